The fourth-order valence-corrected chi connectivity index (χ4v) is 3.41. The fourth-order valence-electron chi connectivity index (χ4n) is 3.41. The van der Waals surface area contributed by atoms with Gasteiger partial charge in [0.1, 0.15) is 12.2 Å². The lowest BCUT2D eigenvalue weighted by Gasteiger charge is -2.29. The average Bonchev–Trinajstić information content (AvgIpc) is 2.59. The van der Waals surface area contributed by atoms with Gasteiger partial charge in [-0.3, -0.25) is 9.59 Å². The third kappa shape index (κ3) is 3.55. The minimum Gasteiger partial charge on any atom is -0.543 e. The molecular weight excluding hydrogens is 322 g/mol. The second kappa shape index (κ2) is 7.04. The summed E-state index contributed by atoms with van der Waals surface area (Å²) in [6.45, 7) is 1.78. The van der Waals surface area contributed by atoms with Gasteiger partial charge in [0.05, 0.1) is 11.4 Å². The van der Waals surface area contributed by atoms with E-state index in [-0.39, 0.29) is 35.0 Å². The van der Waals surface area contributed by atoms with Gasteiger partial charge in [0.2, 0.25) is 5.91 Å². The van der Waals surface area contributed by atoms with Crippen molar-refractivity contribution in [2.75, 3.05) is 0 Å². The largest absolute Gasteiger partial charge is 0.543 e. The molecule has 1 N–H and O–H groups in total. The molecule has 0 bridgehead atoms. The molecule has 1 aliphatic carbocycles. The summed E-state index contributed by atoms with van der Waals surface area (Å²) < 4.78 is 0.899. The first kappa shape index (κ1) is 17.1. The number of hydrogen-bond acceptors (Lipinski definition) is 5. The number of benzene rings is 1. The Morgan fingerprint density at radius 3 is 2.60 bits per heavy atom. The second-order valence-electron chi connectivity index (χ2n) is 6.58. The Labute approximate surface area is 144 Å². The lowest BCUT2D eigenvalue weighted by atomic mass is 9.86. The van der Waals surface area contributed by atoms with Crippen molar-refractivity contribution in [2.45, 2.75) is 45.2 Å². The standard InChI is InChI=1S/C18H21N3O4/c1-11-6-2-5-9-14(11)19-15(22)10-21-17(23)13-8-4-3-7-12(13)16(20-21)18(24)25/h3-4,7-8,11,14H,2,5-6,9-10H2,1H3,(H,19,22)(H,24,25)/p-1/t11-,14-/m0/s1. The average molecular weight is 342 g/mol. The molecule has 1 aliphatic rings. The normalized spacial score (nSPS) is 20.4. The molecule has 0 spiro atoms. The minimum atomic E-state index is -1.48. The number of carboxylic acid groups (broad SMARTS) is 1. The predicted octanol–water partition coefficient (Wildman–Crippen LogP) is 0.455. The van der Waals surface area contributed by atoms with Crippen molar-refractivity contribution in [3.63, 3.8) is 0 Å². The number of nitrogens with one attached hydrogen (secondary N) is 1. The molecule has 1 amide bonds. The molecule has 0 saturated heterocycles. The summed E-state index contributed by atoms with van der Waals surface area (Å²) in [5.74, 6) is -1.43. The number of carbonyl (C=O) groups excluding carboxylic acids is 2. The van der Waals surface area contributed by atoms with E-state index >= 15 is 0 Å². The summed E-state index contributed by atoms with van der Waals surface area (Å²) in [5.41, 5.74) is -0.832. The van der Waals surface area contributed by atoms with E-state index in [0.717, 1.165) is 30.4 Å². The maximum absolute atomic E-state index is 12.5. The maximum Gasteiger partial charge on any atom is 0.275 e. The van der Waals surface area contributed by atoms with Crippen molar-refractivity contribution in [1.82, 2.24) is 15.1 Å². The zero-order chi connectivity index (χ0) is 18.0. The van der Waals surface area contributed by atoms with E-state index in [1.165, 1.54) is 12.1 Å². The molecular formula is C18H20N3O4-. The summed E-state index contributed by atoms with van der Waals surface area (Å²) in [6.07, 6.45) is 4.21. The van der Waals surface area contributed by atoms with Gasteiger partial charge in [-0.1, -0.05) is 38.0 Å². The molecule has 7 heteroatoms. The fraction of sp³-hybridized carbons (Fsp3) is 0.444. The SMILES string of the molecule is C[C@H]1CCCC[C@@H]1NC(=O)Cn1nc(C(=O)[O-])c2ccccc2c1=O. The summed E-state index contributed by atoms with van der Waals surface area (Å²) in [6, 6.07) is 6.36. The van der Waals surface area contributed by atoms with E-state index in [2.05, 4.69) is 17.3 Å². The van der Waals surface area contributed by atoms with Crippen LogP contribution in [0.3, 0.4) is 0 Å². The number of aromatic nitrogens is 2. The van der Waals surface area contributed by atoms with Crippen LogP contribution in [-0.4, -0.2) is 27.7 Å². The maximum atomic E-state index is 12.5. The highest BCUT2D eigenvalue weighted by Gasteiger charge is 2.23. The van der Waals surface area contributed by atoms with Crippen LogP contribution in [0.1, 0.15) is 43.1 Å². The van der Waals surface area contributed by atoms with Gasteiger partial charge in [-0.2, -0.15) is 5.10 Å². The highest BCUT2D eigenvalue weighted by molar-refractivity contribution is 6.00. The molecule has 25 heavy (non-hydrogen) atoms. The van der Waals surface area contributed by atoms with Gasteiger partial charge in [0.15, 0.2) is 0 Å². The number of nitrogens with zero attached hydrogens (tertiary/aromatic N) is 2. The van der Waals surface area contributed by atoms with E-state index < -0.39 is 11.5 Å². The third-order valence-electron chi connectivity index (χ3n) is 4.81. The number of carboxylic acids is 1. The molecule has 1 heterocycles. The summed E-state index contributed by atoms with van der Waals surface area (Å²) in [5, 5.41) is 18.5. The van der Waals surface area contributed by atoms with Gasteiger partial charge in [-0.05, 0) is 24.8 Å². The Kier molecular flexibility index (Phi) is 4.83. The molecule has 2 aromatic rings. The van der Waals surface area contributed by atoms with Crippen LogP contribution in [0, 0.1) is 5.92 Å². The zero-order valence-electron chi connectivity index (χ0n) is 14.0. The molecule has 0 aliphatic heterocycles. The lowest BCUT2D eigenvalue weighted by Crippen LogP contribution is -2.44. The van der Waals surface area contributed by atoms with E-state index in [1.807, 2.05) is 0 Å². The number of rotatable bonds is 4. The minimum absolute atomic E-state index is 0.0815. The van der Waals surface area contributed by atoms with Crippen molar-refractivity contribution >= 4 is 22.6 Å². The molecule has 1 saturated carbocycles. The van der Waals surface area contributed by atoms with E-state index in [4.69, 9.17) is 0 Å². The molecule has 1 aromatic carbocycles. The van der Waals surface area contributed by atoms with Gasteiger partial charge in [-0.15, -0.1) is 0 Å². The smallest absolute Gasteiger partial charge is 0.275 e. The van der Waals surface area contributed by atoms with Crippen LogP contribution < -0.4 is 16.0 Å². The van der Waals surface area contributed by atoms with Gasteiger partial charge in [-0.25, -0.2) is 4.68 Å². The number of aromatic carboxylic acids is 1. The van der Waals surface area contributed by atoms with Crippen LogP contribution >= 0.6 is 0 Å². The van der Waals surface area contributed by atoms with Crippen molar-refractivity contribution in [3.8, 4) is 0 Å². The Balaban J connectivity index is 1.88. The highest BCUT2D eigenvalue weighted by Crippen LogP contribution is 2.23. The lowest BCUT2D eigenvalue weighted by molar-refractivity contribution is -0.255. The zero-order valence-corrected chi connectivity index (χ0v) is 14.0. The van der Waals surface area contributed by atoms with Crippen molar-refractivity contribution in [2.24, 2.45) is 5.92 Å². The Bertz CT molecular complexity index is 874. The molecule has 0 unspecified atom stereocenters. The summed E-state index contributed by atoms with van der Waals surface area (Å²) >= 11 is 0. The Hall–Kier alpha value is -2.70. The van der Waals surface area contributed by atoms with Gasteiger partial charge < -0.3 is 15.2 Å². The highest BCUT2D eigenvalue weighted by atomic mass is 16.4. The quantitative estimate of drug-likeness (QED) is 0.869. The third-order valence-corrected chi connectivity index (χ3v) is 4.81. The van der Waals surface area contributed by atoms with Crippen LogP contribution in [0.4, 0.5) is 0 Å². The first-order valence-corrected chi connectivity index (χ1v) is 8.48. The van der Waals surface area contributed by atoms with Crippen molar-refractivity contribution < 1.29 is 14.7 Å². The number of hydrogen-bond donors (Lipinski definition) is 1. The van der Waals surface area contributed by atoms with Crippen molar-refractivity contribution in [3.05, 3.63) is 40.3 Å². The Morgan fingerprint density at radius 2 is 1.92 bits per heavy atom. The first-order valence-electron chi connectivity index (χ1n) is 8.48. The van der Waals surface area contributed by atoms with E-state index in [9.17, 15) is 19.5 Å². The number of carbonyl (C=O) groups is 2. The molecule has 0 radical (unpaired) electrons. The molecule has 3 rings (SSSR count). The van der Waals surface area contributed by atoms with E-state index in [1.54, 1.807) is 12.1 Å². The Morgan fingerprint density at radius 1 is 1.24 bits per heavy atom. The summed E-state index contributed by atoms with van der Waals surface area (Å²) in [4.78, 5) is 36.2. The van der Waals surface area contributed by atoms with Crippen LogP contribution in [0.15, 0.2) is 29.1 Å². The predicted molar refractivity (Wildman–Crippen MR) is 89.9 cm³/mol. The van der Waals surface area contributed by atoms with Gasteiger partial charge >= 0.3 is 0 Å². The number of amides is 1. The molecule has 7 nitrogen and oxygen atoms in total. The summed E-state index contributed by atoms with van der Waals surface area (Å²) in [7, 11) is 0. The van der Waals surface area contributed by atoms with Gasteiger partial charge in [0.25, 0.3) is 5.56 Å². The second-order valence-corrected chi connectivity index (χ2v) is 6.58. The van der Waals surface area contributed by atoms with E-state index in [0.29, 0.717) is 5.92 Å². The number of fused-ring (bicyclic) bond motifs is 1. The van der Waals surface area contributed by atoms with Crippen LogP contribution in [0.2, 0.25) is 0 Å². The topological polar surface area (TPSA) is 104 Å². The van der Waals surface area contributed by atoms with Crippen molar-refractivity contribution in [1.29, 1.82) is 0 Å². The molecule has 1 aromatic heterocycles. The first-order chi connectivity index (χ1) is 12.0. The van der Waals surface area contributed by atoms with Crippen LogP contribution in [0.25, 0.3) is 10.8 Å². The van der Waals surface area contributed by atoms with Gasteiger partial charge in [0, 0.05) is 11.4 Å². The monoisotopic (exact) mass is 342 g/mol. The molecule has 132 valence electrons. The molecule has 1 fully saturated rings. The van der Waals surface area contributed by atoms with Crippen LogP contribution in [-0.2, 0) is 11.3 Å². The van der Waals surface area contributed by atoms with Crippen LogP contribution in [0.5, 0.6) is 0 Å². The molecule has 2 atom stereocenters.